The minimum absolute atomic E-state index is 1.01. The standard InChI is InChI=1S/C30H20N2S2/c1-19-16-22(14-15-31-19)32(20-11-13-29-26(17-20)24-7-3-5-9-28(24)33-29)21-10-12-25-23-6-2-4-8-27(23)34-30(25)18-21/h2-18H,1H3. The molecule has 0 aliphatic heterocycles. The number of anilines is 3. The molecule has 3 aromatic heterocycles. The molecule has 4 aromatic carbocycles. The zero-order valence-electron chi connectivity index (χ0n) is 18.5. The molecule has 0 fully saturated rings. The Bertz CT molecular complexity index is 1840. The van der Waals surface area contributed by atoms with Gasteiger partial charge in [-0.2, -0.15) is 0 Å². The van der Waals surface area contributed by atoms with E-state index in [2.05, 4.69) is 107 Å². The van der Waals surface area contributed by atoms with Gasteiger partial charge in [-0.3, -0.25) is 4.98 Å². The summed E-state index contributed by atoms with van der Waals surface area (Å²) in [4.78, 5) is 6.80. The fourth-order valence-corrected chi connectivity index (χ4v) is 7.05. The number of thiophene rings is 2. The molecule has 0 amide bonds. The Morgan fingerprint density at radius 1 is 0.529 bits per heavy atom. The van der Waals surface area contributed by atoms with Crippen LogP contribution in [0.5, 0.6) is 0 Å². The first kappa shape index (κ1) is 19.7. The quantitative estimate of drug-likeness (QED) is 0.254. The van der Waals surface area contributed by atoms with Crippen LogP contribution in [0.15, 0.2) is 103 Å². The predicted octanol–water partition coefficient (Wildman–Crippen LogP) is 9.60. The van der Waals surface area contributed by atoms with Crippen LogP contribution in [-0.2, 0) is 0 Å². The minimum Gasteiger partial charge on any atom is -0.310 e. The second-order valence-electron chi connectivity index (χ2n) is 8.55. The first-order chi connectivity index (χ1) is 16.7. The van der Waals surface area contributed by atoms with Crippen LogP contribution < -0.4 is 4.90 Å². The number of hydrogen-bond acceptors (Lipinski definition) is 4. The molecule has 2 nitrogen and oxygen atoms in total. The van der Waals surface area contributed by atoms with Crippen molar-refractivity contribution >= 4 is 80.1 Å². The summed E-state index contributed by atoms with van der Waals surface area (Å²) < 4.78 is 5.27. The van der Waals surface area contributed by atoms with Crippen LogP contribution in [0, 0.1) is 6.92 Å². The number of rotatable bonds is 3. The van der Waals surface area contributed by atoms with Gasteiger partial charge >= 0.3 is 0 Å². The highest BCUT2D eigenvalue weighted by Crippen LogP contribution is 2.42. The molecule has 0 aliphatic rings. The number of aromatic nitrogens is 1. The number of aryl methyl sites for hydroxylation is 1. The third-order valence-corrected chi connectivity index (χ3v) is 8.66. The summed E-state index contributed by atoms with van der Waals surface area (Å²) in [6.07, 6.45) is 1.90. The van der Waals surface area contributed by atoms with Gasteiger partial charge in [-0.15, -0.1) is 22.7 Å². The van der Waals surface area contributed by atoms with Crippen LogP contribution >= 0.6 is 22.7 Å². The molecule has 0 aliphatic carbocycles. The maximum absolute atomic E-state index is 4.45. The van der Waals surface area contributed by atoms with E-state index in [1.54, 1.807) is 0 Å². The normalized spacial score (nSPS) is 11.7. The molecule has 162 valence electrons. The Morgan fingerprint density at radius 2 is 1.12 bits per heavy atom. The molecule has 0 atom stereocenters. The molecule has 3 heterocycles. The van der Waals surface area contributed by atoms with Crippen LogP contribution in [0.3, 0.4) is 0 Å². The van der Waals surface area contributed by atoms with E-state index in [1.165, 1.54) is 40.3 Å². The molecule has 7 aromatic rings. The van der Waals surface area contributed by atoms with E-state index in [4.69, 9.17) is 0 Å². The number of pyridine rings is 1. The molecule has 7 rings (SSSR count). The number of nitrogens with zero attached hydrogens (tertiary/aromatic N) is 2. The van der Waals surface area contributed by atoms with Gasteiger partial charge in [0.2, 0.25) is 0 Å². The number of fused-ring (bicyclic) bond motifs is 6. The lowest BCUT2D eigenvalue weighted by Gasteiger charge is -2.26. The highest BCUT2D eigenvalue weighted by molar-refractivity contribution is 7.26. The van der Waals surface area contributed by atoms with Crippen molar-refractivity contribution in [3.63, 3.8) is 0 Å². The van der Waals surface area contributed by atoms with Gasteiger partial charge in [0.15, 0.2) is 0 Å². The smallest absolute Gasteiger partial charge is 0.0494 e. The Balaban J connectivity index is 1.47. The van der Waals surface area contributed by atoms with Crippen molar-refractivity contribution in [1.29, 1.82) is 0 Å². The molecule has 34 heavy (non-hydrogen) atoms. The zero-order chi connectivity index (χ0) is 22.6. The predicted molar refractivity (Wildman–Crippen MR) is 149 cm³/mol. The molecule has 0 spiro atoms. The summed E-state index contributed by atoms with van der Waals surface area (Å²) in [5.41, 5.74) is 4.44. The summed E-state index contributed by atoms with van der Waals surface area (Å²) in [5.74, 6) is 0. The van der Waals surface area contributed by atoms with E-state index in [1.807, 2.05) is 35.8 Å². The minimum atomic E-state index is 1.01. The van der Waals surface area contributed by atoms with Gasteiger partial charge in [-0.05, 0) is 61.5 Å². The second kappa shape index (κ2) is 7.66. The van der Waals surface area contributed by atoms with E-state index < -0.39 is 0 Å². The van der Waals surface area contributed by atoms with Crippen molar-refractivity contribution in [2.75, 3.05) is 4.90 Å². The van der Waals surface area contributed by atoms with Crippen molar-refractivity contribution in [2.24, 2.45) is 0 Å². The van der Waals surface area contributed by atoms with Crippen LogP contribution in [0.4, 0.5) is 17.1 Å². The summed E-state index contributed by atoms with van der Waals surface area (Å²) in [6.45, 7) is 2.05. The van der Waals surface area contributed by atoms with Crippen LogP contribution in [0.1, 0.15) is 5.69 Å². The van der Waals surface area contributed by atoms with Crippen LogP contribution in [0.25, 0.3) is 40.3 Å². The molecule has 0 saturated heterocycles. The van der Waals surface area contributed by atoms with Crippen molar-refractivity contribution in [2.45, 2.75) is 6.92 Å². The van der Waals surface area contributed by atoms with E-state index in [9.17, 15) is 0 Å². The van der Waals surface area contributed by atoms with Crippen LogP contribution in [0.2, 0.25) is 0 Å². The summed E-state index contributed by atoms with van der Waals surface area (Å²) >= 11 is 3.71. The maximum Gasteiger partial charge on any atom is 0.0494 e. The fourth-order valence-electron chi connectivity index (χ4n) is 4.82. The van der Waals surface area contributed by atoms with E-state index >= 15 is 0 Å². The summed E-state index contributed by atoms with van der Waals surface area (Å²) in [6, 6.07) is 35.3. The molecule has 0 saturated carbocycles. The van der Waals surface area contributed by atoms with Gasteiger partial charge in [0.1, 0.15) is 0 Å². The molecule has 4 heteroatoms. The SMILES string of the molecule is Cc1cc(N(c2ccc3c(c2)sc2ccccc23)c2ccc3sc4ccccc4c3c2)ccn1. The number of benzene rings is 4. The molecule has 0 N–H and O–H groups in total. The average Bonchev–Trinajstić information content (AvgIpc) is 3.42. The third kappa shape index (κ3) is 3.11. The molecular weight excluding hydrogens is 452 g/mol. The largest absolute Gasteiger partial charge is 0.310 e. The molecule has 0 unspecified atom stereocenters. The van der Waals surface area contributed by atoms with Crippen molar-refractivity contribution in [1.82, 2.24) is 4.98 Å². The first-order valence-electron chi connectivity index (χ1n) is 11.3. The van der Waals surface area contributed by atoms with Gasteiger partial charge in [0, 0.05) is 69.3 Å². The van der Waals surface area contributed by atoms with E-state index in [0.29, 0.717) is 0 Å². The van der Waals surface area contributed by atoms with Crippen molar-refractivity contribution in [3.8, 4) is 0 Å². The van der Waals surface area contributed by atoms with Gasteiger partial charge < -0.3 is 4.90 Å². The number of hydrogen-bond donors (Lipinski definition) is 0. The van der Waals surface area contributed by atoms with Crippen LogP contribution in [-0.4, -0.2) is 4.98 Å². The highest BCUT2D eigenvalue weighted by atomic mass is 32.1. The monoisotopic (exact) mass is 472 g/mol. The zero-order valence-corrected chi connectivity index (χ0v) is 20.2. The fraction of sp³-hybridized carbons (Fsp3) is 0.0333. The summed E-state index contributed by atoms with van der Waals surface area (Å²) in [5, 5.41) is 5.26. The molecule has 0 radical (unpaired) electrons. The van der Waals surface area contributed by atoms with Gasteiger partial charge in [-0.1, -0.05) is 42.5 Å². The second-order valence-corrected chi connectivity index (χ2v) is 10.7. The van der Waals surface area contributed by atoms with Gasteiger partial charge in [-0.25, -0.2) is 0 Å². The Labute approximate surface area is 205 Å². The maximum atomic E-state index is 4.45. The van der Waals surface area contributed by atoms with Crippen molar-refractivity contribution in [3.05, 3.63) is 109 Å². The van der Waals surface area contributed by atoms with Gasteiger partial charge in [0.05, 0.1) is 0 Å². The average molecular weight is 473 g/mol. The Kier molecular flexibility index (Phi) is 4.44. The molecular formula is C30H20N2S2. The summed E-state index contributed by atoms with van der Waals surface area (Å²) in [7, 11) is 0. The van der Waals surface area contributed by atoms with Crippen molar-refractivity contribution < 1.29 is 0 Å². The Morgan fingerprint density at radius 3 is 1.91 bits per heavy atom. The lowest BCUT2D eigenvalue weighted by atomic mass is 10.1. The molecule has 0 bridgehead atoms. The lowest BCUT2D eigenvalue weighted by molar-refractivity contribution is 1.17. The third-order valence-electron chi connectivity index (χ3n) is 6.38. The first-order valence-corrected chi connectivity index (χ1v) is 12.9. The lowest BCUT2D eigenvalue weighted by Crippen LogP contribution is -2.10. The Hall–Kier alpha value is -3.73. The highest BCUT2D eigenvalue weighted by Gasteiger charge is 2.16. The van der Waals surface area contributed by atoms with E-state index in [0.717, 1.165) is 22.8 Å². The topological polar surface area (TPSA) is 16.1 Å². The van der Waals surface area contributed by atoms with E-state index in [-0.39, 0.29) is 0 Å². The van der Waals surface area contributed by atoms with Gasteiger partial charge in [0.25, 0.3) is 0 Å².